The molecule has 0 aromatic heterocycles. The summed E-state index contributed by atoms with van der Waals surface area (Å²) in [7, 11) is 0. The van der Waals surface area contributed by atoms with E-state index in [4.69, 9.17) is 5.11 Å². The van der Waals surface area contributed by atoms with Crippen LogP contribution in [0.25, 0.3) is 0 Å². The molecule has 1 N–H and O–H groups in total. The zero-order chi connectivity index (χ0) is 10.1. The highest BCUT2D eigenvalue weighted by atomic mass is 19.1. The Morgan fingerprint density at radius 1 is 1.29 bits per heavy atom. The Morgan fingerprint density at radius 3 is 2.71 bits per heavy atom. The van der Waals surface area contributed by atoms with Crippen molar-refractivity contribution in [3.8, 4) is 0 Å². The maximum Gasteiger partial charge on any atom is 0.338 e. The molecule has 1 aliphatic carbocycles. The molecule has 0 saturated heterocycles. The minimum Gasteiger partial charge on any atom is -0.478 e. The smallest absolute Gasteiger partial charge is 0.338 e. The van der Waals surface area contributed by atoms with Crippen LogP contribution in [-0.4, -0.2) is 11.1 Å². The van der Waals surface area contributed by atoms with Crippen LogP contribution in [-0.2, 0) is 12.8 Å². The Morgan fingerprint density at radius 2 is 2.00 bits per heavy atom. The summed E-state index contributed by atoms with van der Waals surface area (Å²) >= 11 is 0. The molecule has 0 fully saturated rings. The lowest BCUT2D eigenvalue weighted by molar-refractivity contribution is 0.0691. The van der Waals surface area contributed by atoms with Gasteiger partial charge in [-0.1, -0.05) is 6.07 Å². The van der Waals surface area contributed by atoms with Gasteiger partial charge in [-0.3, -0.25) is 0 Å². The summed E-state index contributed by atoms with van der Waals surface area (Å²) in [5, 5.41) is 8.73. The highest BCUT2D eigenvalue weighted by Gasteiger charge is 2.19. The van der Waals surface area contributed by atoms with Crippen LogP contribution in [0.2, 0.25) is 0 Å². The lowest BCUT2D eigenvalue weighted by atomic mass is 9.90. The molecule has 3 heteroatoms. The monoisotopic (exact) mass is 194 g/mol. The first-order valence-electron chi connectivity index (χ1n) is 4.73. The van der Waals surface area contributed by atoms with Crippen molar-refractivity contribution < 1.29 is 14.3 Å². The molecule has 74 valence electrons. The summed E-state index contributed by atoms with van der Waals surface area (Å²) in [4.78, 5) is 10.7. The van der Waals surface area contributed by atoms with E-state index < -0.39 is 11.8 Å². The van der Waals surface area contributed by atoms with Crippen molar-refractivity contribution in [2.45, 2.75) is 25.7 Å². The Balaban J connectivity index is 2.54. The van der Waals surface area contributed by atoms with Crippen LogP contribution in [0.1, 0.15) is 34.3 Å². The van der Waals surface area contributed by atoms with Crippen molar-refractivity contribution in [3.05, 3.63) is 34.6 Å². The average molecular weight is 194 g/mol. The van der Waals surface area contributed by atoms with Gasteiger partial charge in [0.15, 0.2) is 0 Å². The minimum absolute atomic E-state index is 0.203. The number of carbonyl (C=O) groups is 1. The highest BCUT2D eigenvalue weighted by Crippen LogP contribution is 2.25. The van der Waals surface area contributed by atoms with Crippen molar-refractivity contribution >= 4 is 5.97 Å². The van der Waals surface area contributed by atoms with Crippen LogP contribution < -0.4 is 0 Å². The average Bonchev–Trinajstić information content (AvgIpc) is 2.18. The minimum atomic E-state index is -1.18. The van der Waals surface area contributed by atoms with Gasteiger partial charge in [-0.15, -0.1) is 0 Å². The Labute approximate surface area is 81.4 Å². The molecule has 1 aromatic carbocycles. The first-order valence-corrected chi connectivity index (χ1v) is 4.73. The van der Waals surface area contributed by atoms with E-state index in [1.807, 2.05) is 0 Å². The molecule has 1 aromatic rings. The van der Waals surface area contributed by atoms with E-state index in [0.29, 0.717) is 12.0 Å². The number of carboxylic acids is 1. The van der Waals surface area contributed by atoms with Crippen molar-refractivity contribution in [1.82, 2.24) is 0 Å². The molecule has 2 nitrogen and oxygen atoms in total. The summed E-state index contributed by atoms with van der Waals surface area (Å²) in [6.07, 6.45) is 3.56. The number of carboxylic acid groups (broad SMARTS) is 1. The highest BCUT2D eigenvalue weighted by molar-refractivity contribution is 5.88. The van der Waals surface area contributed by atoms with Gasteiger partial charge in [0.1, 0.15) is 5.82 Å². The zero-order valence-electron chi connectivity index (χ0n) is 7.72. The van der Waals surface area contributed by atoms with Gasteiger partial charge in [0.05, 0.1) is 5.56 Å². The second-order valence-electron chi connectivity index (χ2n) is 3.58. The van der Waals surface area contributed by atoms with E-state index in [9.17, 15) is 9.18 Å². The summed E-state index contributed by atoms with van der Waals surface area (Å²) in [5.41, 5.74) is 1.38. The van der Waals surface area contributed by atoms with E-state index in [2.05, 4.69) is 0 Å². The van der Waals surface area contributed by atoms with Crippen molar-refractivity contribution in [1.29, 1.82) is 0 Å². The van der Waals surface area contributed by atoms with E-state index in [1.165, 1.54) is 6.07 Å². The number of hydrogen-bond acceptors (Lipinski definition) is 1. The van der Waals surface area contributed by atoms with Gasteiger partial charge < -0.3 is 5.11 Å². The Kier molecular flexibility index (Phi) is 2.23. The molecule has 0 saturated carbocycles. The van der Waals surface area contributed by atoms with Gasteiger partial charge in [-0.2, -0.15) is 0 Å². The fraction of sp³-hybridized carbons (Fsp3) is 0.364. The fourth-order valence-electron chi connectivity index (χ4n) is 1.95. The third kappa shape index (κ3) is 1.39. The Bertz CT molecular complexity index is 385. The maximum absolute atomic E-state index is 13.6. The predicted octanol–water partition coefficient (Wildman–Crippen LogP) is 2.40. The number of rotatable bonds is 1. The van der Waals surface area contributed by atoms with Crippen LogP contribution >= 0.6 is 0 Å². The molecule has 0 amide bonds. The standard InChI is InChI=1S/C11H11FO2/c12-10-8-4-2-1-3-7(8)5-6-9(10)11(13)14/h5-6H,1-4H2,(H,13,14). The maximum atomic E-state index is 13.6. The van der Waals surface area contributed by atoms with Crippen LogP contribution in [0.3, 0.4) is 0 Å². The number of aryl methyl sites for hydroxylation is 1. The van der Waals surface area contributed by atoms with Gasteiger partial charge in [-0.25, -0.2) is 9.18 Å². The summed E-state index contributed by atoms with van der Waals surface area (Å²) < 4.78 is 13.6. The molecule has 0 radical (unpaired) electrons. The first-order chi connectivity index (χ1) is 6.70. The lowest BCUT2D eigenvalue weighted by Gasteiger charge is -2.16. The van der Waals surface area contributed by atoms with Crippen LogP contribution in [0.5, 0.6) is 0 Å². The second-order valence-corrected chi connectivity index (χ2v) is 3.58. The van der Waals surface area contributed by atoms with Crippen molar-refractivity contribution in [3.63, 3.8) is 0 Å². The number of aromatic carboxylic acids is 1. The van der Waals surface area contributed by atoms with E-state index >= 15 is 0 Å². The molecule has 0 bridgehead atoms. The van der Waals surface area contributed by atoms with Gasteiger partial charge in [0, 0.05) is 0 Å². The van der Waals surface area contributed by atoms with E-state index in [1.54, 1.807) is 6.07 Å². The van der Waals surface area contributed by atoms with Gasteiger partial charge in [0.25, 0.3) is 0 Å². The molecule has 1 aliphatic rings. The number of hydrogen-bond donors (Lipinski definition) is 1. The van der Waals surface area contributed by atoms with Gasteiger partial charge >= 0.3 is 5.97 Å². The van der Waals surface area contributed by atoms with Gasteiger partial charge in [-0.05, 0) is 42.9 Å². The molecule has 2 rings (SSSR count). The molecule has 0 heterocycles. The molecule has 0 aliphatic heterocycles. The largest absolute Gasteiger partial charge is 0.478 e. The quantitative estimate of drug-likeness (QED) is 0.745. The number of halogens is 1. The van der Waals surface area contributed by atoms with Gasteiger partial charge in [0.2, 0.25) is 0 Å². The SMILES string of the molecule is O=C(O)c1ccc2c(c1F)CCCC2. The number of fused-ring (bicyclic) bond motifs is 1. The van der Waals surface area contributed by atoms with E-state index in [-0.39, 0.29) is 5.56 Å². The Hall–Kier alpha value is -1.38. The fourth-order valence-corrected chi connectivity index (χ4v) is 1.95. The molecular weight excluding hydrogens is 183 g/mol. The lowest BCUT2D eigenvalue weighted by Crippen LogP contribution is -2.10. The summed E-state index contributed by atoms with van der Waals surface area (Å²) in [6, 6.07) is 3.10. The van der Waals surface area contributed by atoms with Crippen molar-refractivity contribution in [2.75, 3.05) is 0 Å². The molecule has 14 heavy (non-hydrogen) atoms. The van der Waals surface area contributed by atoms with Crippen molar-refractivity contribution in [2.24, 2.45) is 0 Å². The molecule has 0 spiro atoms. The van der Waals surface area contributed by atoms with Crippen LogP contribution in [0, 0.1) is 5.82 Å². The summed E-state index contributed by atoms with van der Waals surface area (Å²) in [6.45, 7) is 0. The van der Waals surface area contributed by atoms with E-state index in [0.717, 1.165) is 24.8 Å². The third-order valence-corrected chi connectivity index (χ3v) is 2.69. The summed E-state index contributed by atoms with van der Waals surface area (Å²) in [5.74, 6) is -1.72. The van der Waals surface area contributed by atoms with Crippen LogP contribution in [0.4, 0.5) is 4.39 Å². The molecule has 0 unspecified atom stereocenters. The molecule has 0 atom stereocenters. The topological polar surface area (TPSA) is 37.3 Å². The normalized spacial score (nSPS) is 14.9. The first kappa shape index (κ1) is 9.19. The zero-order valence-corrected chi connectivity index (χ0v) is 7.72. The molecular formula is C11H11FO2. The second kappa shape index (κ2) is 3.40. The predicted molar refractivity (Wildman–Crippen MR) is 50.0 cm³/mol. The van der Waals surface area contributed by atoms with Crippen LogP contribution in [0.15, 0.2) is 12.1 Å². The third-order valence-electron chi connectivity index (χ3n) is 2.69. The number of benzene rings is 1.